The van der Waals surface area contributed by atoms with Gasteiger partial charge in [0, 0.05) is 22.6 Å². The summed E-state index contributed by atoms with van der Waals surface area (Å²) in [5, 5.41) is 21.1. The first kappa shape index (κ1) is 13.0. The van der Waals surface area contributed by atoms with Crippen LogP contribution in [0.1, 0.15) is 10.4 Å². The molecule has 0 saturated heterocycles. The number of hydrogen-bond donors (Lipinski definition) is 2. The normalized spacial score (nSPS) is 11.3. The number of aliphatic hydroxyl groups is 1. The van der Waals surface area contributed by atoms with Gasteiger partial charge in [-0.1, -0.05) is 30.3 Å². The lowest BCUT2D eigenvalue weighted by atomic mass is 10.0. The number of benzene rings is 1. The van der Waals surface area contributed by atoms with Gasteiger partial charge in [0.15, 0.2) is 5.78 Å². The highest BCUT2D eigenvalue weighted by Crippen LogP contribution is 2.27. The number of thiophene rings is 1. The molecule has 19 heavy (non-hydrogen) atoms. The summed E-state index contributed by atoms with van der Waals surface area (Å²) >= 11 is 1.35. The number of allylic oxidation sites excluding steroid dienone is 1. The minimum Gasteiger partial charge on any atom is -0.502 e. The smallest absolute Gasteiger partial charge is 0.371 e. The van der Waals surface area contributed by atoms with E-state index >= 15 is 0 Å². The zero-order valence-corrected chi connectivity index (χ0v) is 10.6. The van der Waals surface area contributed by atoms with E-state index in [1.54, 1.807) is 5.38 Å². The molecule has 0 radical (unpaired) electrons. The second kappa shape index (κ2) is 5.49. The van der Waals surface area contributed by atoms with Crippen molar-refractivity contribution in [1.82, 2.24) is 0 Å². The number of carboxylic acids is 1. The first-order valence-electron chi connectivity index (χ1n) is 5.39. The van der Waals surface area contributed by atoms with E-state index in [9.17, 15) is 9.59 Å². The molecule has 0 bridgehead atoms. The number of carbonyl (C=O) groups is 2. The average Bonchev–Trinajstić information content (AvgIpc) is 2.88. The number of aliphatic hydroxyl groups excluding tert-OH is 1. The van der Waals surface area contributed by atoms with Gasteiger partial charge in [0.25, 0.3) is 0 Å². The van der Waals surface area contributed by atoms with Gasteiger partial charge in [0.1, 0.15) is 0 Å². The SMILES string of the molecule is O=C(O)C(O)=CC(=O)c1cscc1-c1ccccc1. The molecule has 0 aliphatic carbocycles. The molecule has 0 saturated carbocycles. The van der Waals surface area contributed by atoms with Crippen molar-refractivity contribution in [3.8, 4) is 11.1 Å². The second-order valence-corrected chi connectivity index (χ2v) is 4.51. The van der Waals surface area contributed by atoms with E-state index in [0.29, 0.717) is 5.56 Å². The number of carboxylic acid groups (broad SMARTS) is 1. The van der Waals surface area contributed by atoms with Crippen molar-refractivity contribution in [2.24, 2.45) is 0 Å². The third-order valence-electron chi connectivity index (χ3n) is 2.50. The summed E-state index contributed by atoms with van der Waals surface area (Å²) in [6, 6.07) is 9.30. The Kier molecular flexibility index (Phi) is 3.77. The Balaban J connectivity index is 2.38. The molecule has 96 valence electrons. The summed E-state index contributed by atoms with van der Waals surface area (Å²) < 4.78 is 0. The molecule has 2 N–H and O–H groups in total. The van der Waals surface area contributed by atoms with E-state index in [2.05, 4.69) is 0 Å². The Bertz CT molecular complexity index is 640. The van der Waals surface area contributed by atoms with Gasteiger partial charge in [-0.15, -0.1) is 0 Å². The molecule has 5 heteroatoms. The molecule has 1 heterocycles. The van der Waals surface area contributed by atoms with E-state index in [4.69, 9.17) is 10.2 Å². The molecule has 2 aromatic rings. The number of aliphatic carboxylic acids is 1. The van der Waals surface area contributed by atoms with E-state index in [1.165, 1.54) is 11.3 Å². The van der Waals surface area contributed by atoms with Crippen LogP contribution in [-0.2, 0) is 4.79 Å². The lowest BCUT2D eigenvalue weighted by Gasteiger charge is -2.01. The van der Waals surface area contributed by atoms with Crippen LogP contribution < -0.4 is 0 Å². The molecule has 1 aromatic heterocycles. The van der Waals surface area contributed by atoms with Gasteiger partial charge in [-0.05, 0) is 10.9 Å². The maximum Gasteiger partial charge on any atom is 0.371 e. The Morgan fingerprint density at radius 1 is 1.05 bits per heavy atom. The van der Waals surface area contributed by atoms with Crippen LogP contribution in [0.5, 0.6) is 0 Å². The van der Waals surface area contributed by atoms with Crippen molar-refractivity contribution in [3.63, 3.8) is 0 Å². The lowest BCUT2D eigenvalue weighted by Crippen LogP contribution is -2.04. The van der Waals surface area contributed by atoms with Crippen LogP contribution >= 0.6 is 11.3 Å². The van der Waals surface area contributed by atoms with Gasteiger partial charge in [0.05, 0.1) is 0 Å². The fraction of sp³-hybridized carbons (Fsp3) is 0. The predicted molar refractivity (Wildman–Crippen MR) is 72.4 cm³/mol. The van der Waals surface area contributed by atoms with Crippen molar-refractivity contribution in [2.75, 3.05) is 0 Å². The molecule has 1 aromatic carbocycles. The highest BCUT2D eigenvalue weighted by molar-refractivity contribution is 7.08. The van der Waals surface area contributed by atoms with Crippen LogP contribution in [0.3, 0.4) is 0 Å². The third-order valence-corrected chi connectivity index (χ3v) is 3.24. The number of hydrogen-bond acceptors (Lipinski definition) is 4. The van der Waals surface area contributed by atoms with Crippen LogP contribution in [0.4, 0.5) is 0 Å². The first-order valence-corrected chi connectivity index (χ1v) is 6.34. The first-order chi connectivity index (χ1) is 9.09. The van der Waals surface area contributed by atoms with Gasteiger partial charge in [-0.2, -0.15) is 11.3 Å². The van der Waals surface area contributed by atoms with Crippen molar-refractivity contribution < 1.29 is 19.8 Å². The summed E-state index contributed by atoms with van der Waals surface area (Å²) in [5.74, 6) is -3.01. The number of carbonyl (C=O) groups excluding carboxylic acids is 1. The average molecular weight is 274 g/mol. The van der Waals surface area contributed by atoms with E-state index in [-0.39, 0.29) is 0 Å². The summed E-state index contributed by atoms with van der Waals surface area (Å²) in [6.45, 7) is 0. The largest absolute Gasteiger partial charge is 0.502 e. The molecule has 0 aliphatic rings. The fourth-order valence-corrected chi connectivity index (χ4v) is 2.44. The molecule has 0 fully saturated rings. The van der Waals surface area contributed by atoms with Gasteiger partial charge in [0.2, 0.25) is 5.76 Å². The zero-order chi connectivity index (χ0) is 13.8. The minimum atomic E-state index is -1.52. The fourth-order valence-electron chi connectivity index (χ4n) is 1.59. The Morgan fingerprint density at radius 3 is 2.37 bits per heavy atom. The molecule has 0 amide bonds. The van der Waals surface area contributed by atoms with Gasteiger partial charge in [-0.3, -0.25) is 4.79 Å². The second-order valence-electron chi connectivity index (χ2n) is 3.76. The molecule has 2 rings (SSSR count). The molecule has 0 unspecified atom stereocenters. The number of ketones is 1. The van der Waals surface area contributed by atoms with Crippen LogP contribution in [0.25, 0.3) is 11.1 Å². The Hall–Kier alpha value is -2.40. The van der Waals surface area contributed by atoms with Gasteiger partial charge >= 0.3 is 5.97 Å². The van der Waals surface area contributed by atoms with E-state index < -0.39 is 17.5 Å². The summed E-state index contributed by atoms with van der Waals surface area (Å²) in [7, 11) is 0. The topological polar surface area (TPSA) is 74.6 Å². The van der Waals surface area contributed by atoms with Crippen molar-refractivity contribution in [3.05, 3.63) is 58.5 Å². The molecule has 0 atom stereocenters. The van der Waals surface area contributed by atoms with Crippen molar-refractivity contribution in [1.29, 1.82) is 0 Å². The van der Waals surface area contributed by atoms with Crippen LogP contribution in [0.15, 0.2) is 52.9 Å². The predicted octanol–water partition coefficient (Wildman–Crippen LogP) is 3.12. The maximum atomic E-state index is 11.9. The maximum absolute atomic E-state index is 11.9. The van der Waals surface area contributed by atoms with Crippen LogP contribution in [-0.4, -0.2) is 22.0 Å². The Labute approximate surface area is 113 Å². The van der Waals surface area contributed by atoms with Crippen molar-refractivity contribution in [2.45, 2.75) is 0 Å². The van der Waals surface area contributed by atoms with E-state index in [1.807, 2.05) is 35.7 Å². The Morgan fingerprint density at radius 2 is 1.74 bits per heavy atom. The summed E-state index contributed by atoms with van der Waals surface area (Å²) in [4.78, 5) is 22.4. The molecular formula is C14H10O4S. The molecule has 4 nitrogen and oxygen atoms in total. The summed E-state index contributed by atoms with van der Waals surface area (Å²) in [5.41, 5.74) is 1.98. The quantitative estimate of drug-likeness (QED) is 0.510. The monoisotopic (exact) mass is 274 g/mol. The van der Waals surface area contributed by atoms with E-state index in [0.717, 1.165) is 17.2 Å². The van der Waals surface area contributed by atoms with Crippen LogP contribution in [0, 0.1) is 0 Å². The highest BCUT2D eigenvalue weighted by Gasteiger charge is 2.14. The van der Waals surface area contributed by atoms with Crippen LogP contribution in [0.2, 0.25) is 0 Å². The summed E-state index contributed by atoms with van der Waals surface area (Å²) in [6.07, 6.45) is 0.719. The molecule has 0 spiro atoms. The lowest BCUT2D eigenvalue weighted by molar-refractivity contribution is -0.135. The van der Waals surface area contributed by atoms with Crippen molar-refractivity contribution >= 4 is 23.1 Å². The zero-order valence-electron chi connectivity index (χ0n) is 9.74. The van der Waals surface area contributed by atoms with Gasteiger partial charge < -0.3 is 10.2 Å². The van der Waals surface area contributed by atoms with Gasteiger partial charge in [-0.25, -0.2) is 4.79 Å². The molecular weight excluding hydrogens is 264 g/mol. The standard InChI is InChI=1S/C14H10O4S/c15-12(6-13(16)14(17)18)11-8-19-7-10(11)9-4-2-1-3-5-9/h1-8,16H,(H,17,18). The minimum absolute atomic E-state index is 0.379. The third kappa shape index (κ3) is 2.89. The molecule has 0 aliphatic heterocycles. The highest BCUT2D eigenvalue weighted by atomic mass is 32.1. The number of rotatable bonds is 4.